The Morgan fingerprint density at radius 2 is 1.71 bits per heavy atom. The predicted molar refractivity (Wildman–Crippen MR) is 113 cm³/mol. The fourth-order valence-corrected chi connectivity index (χ4v) is 5.54. The first kappa shape index (κ1) is 19.4. The molecule has 1 aliphatic heterocycles. The monoisotopic (exact) mass is 434 g/mol. The lowest BCUT2D eigenvalue weighted by molar-refractivity contribution is 0.0812. The third-order valence-corrected chi connectivity index (χ3v) is 7.28. The van der Waals surface area contributed by atoms with Crippen LogP contribution < -0.4 is 4.74 Å². The Kier molecular flexibility index (Phi) is 4.57. The second-order valence-corrected chi connectivity index (χ2v) is 9.01. The molecule has 4 aromatic rings. The number of carbonyl (C=O) groups is 1. The molecule has 0 bridgehead atoms. The summed E-state index contributed by atoms with van der Waals surface area (Å²) in [6.07, 6.45) is -1.22. The molecule has 1 aliphatic rings. The summed E-state index contributed by atoms with van der Waals surface area (Å²) in [6, 6.07) is 20.4. The molecule has 0 spiro atoms. The van der Waals surface area contributed by atoms with Gasteiger partial charge in [0.05, 0.1) is 17.5 Å². The summed E-state index contributed by atoms with van der Waals surface area (Å²) < 4.78 is 34.5. The van der Waals surface area contributed by atoms with Crippen LogP contribution in [0.5, 0.6) is 5.75 Å². The Hall–Kier alpha value is -3.56. The second-order valence-electron chi connectivity index (χ2n) is 7.15. The minimum Gasteiger partial charge on any atom is -0.497 e. The van der Waals surface area contributed by atoms with Crippen LogP contribution >= 0.6 is 0 Å². The average Bonchev–Trinajstić information content (AvgIpc) is 3.33. The van der Waals surface area contributed by atoms with Gasteiger partial charge in [-0.25, -0.2) is 13.1 Å². The number of hydrogen-bond acceptors (Lipinski definition) is 6. The maximum absolute atomic E-state index is 13.7. The highest BCUT2D eigenvalue weighted by Crippen LogP contribution is 2.37. The third kappa shape index (κ3) is 3.09. The van der Waals surface area contributed by atoms with Gasteiger partial charge in [-0.1, -0.05) is 35.5 Å². The normalized spacial score (nSPS) is 16.2. The minimum atomic E-state index is -3.91. The van der Waals surface area contributed by atoms with Crippen LogP contribution in [0.25, 0.3) is 11.0 Å². The van der Waals surface area contributed by atoms with Crippen molar-refractivity contribution in [2.75, 3.05) is 7.11 Å². The van der Waals surface area contributed by atoms with Gasteiger partial charge in [0.15, 0.2) is 6.17 Å². The highest BCUT2D eigenvalue weighted by atomic mass is 32.2. The average molecular weight is 434 g/mol. The molecule has 0 fully saturated rings. The van der Waals surface area contributed by atoms with Crippen LogP contribution in [-0.4, -0.2) is 40.6 Å². The fraction of sp³-hybridized carbons (Fsp3) is 0.136. The Bertz CT molecular complexity index is 1400. The number of ether oxygens (including phenoxy) is 1. The molecule has 1 unspecified atom stereocenters. The molecule has 2 heterocycles. The number of nitrogens with zero attached hydrogens (tertiary/aromatic N) is 4. The van der Waals surface area contributed by atoms with Crippen molar-refractivity contribution in [3.63, 3.8) is 0 Å². The zero-order chi connectivity index (χ0) is 21.6. The van der Waals surface area contributed by atoms with Gasteiger partial charge in [-0.15, -0.1) is 5.10 Å². The summed E-state index contributed by atoms with van der Waals surface area (Å²) in [6.45, 7) is 0.0687. The van der Waals surface area contributed by atoms with Crippen molar-refractivity contribution in [3.05, 3.63) is 83.9 Å². The number of fused-ring (bicyclic) bond motifs is 2. The molecule has 5 rings (SSSR count). The van der Waals surface area contributed by atoms with Crippen molar-refractivity contribution in [1.82, 2.24) is 19.3 Å². The largest absolute Gasteiger partial charge is 0.497 e. The van der Waals surface area contributed by atoms with Crippen LogP contribution in [0.4, 0.5) is 0 Å². The predicted octanol–water partition coefficient (Wildman–Crippen LogP) is 3.03. The standard InChI is InChI=1S/C22H18N4O4S/c1-30-17-12-10-15(11-13-17)21(27)22(26-19-8-4-3-7-18(19)23-24-26)25-14-16-6-2-5-9-20(16)31(25,28)29/h2-13,22H,14H2,1H3. The first-order chi connectivity index (χ1) is 15.0. The molecule has 0 N–H and O–H groups in total. The summed E-state index contributed by atoms with van der Waals surface area (Å²) >= 11 is 0. The van der Waals surface area contributed by atoms with Crippen LogP contribution in [0.15, 0.2) is 77.7 Å². The number of sulfonamides is 1. The molecular formula is C22H18N4O4S. The topological polar surface area (TPSA) is 94.4 Å². The summed E-state index contributed by atoms with van der Waals surface area (Å²) in [4.78, 5) is 13.9. The quantitative estimate of drug-likeness (QED) is 0.448. The minimum absolute atomic E-state index is 0.0687. The number of benzene rings is 3. The number of para-hydroxylation sites is 1. The molecule has 9 heteroatoms. The second kappa shape index (κ2) is 7.29. The van der Waals surface area contributed by atoms with E-state index >= 15 is 0 Å². The smallest absolute Gasteiger partial charge is 0.245 e. The maximum atomic E-state index is 13.7. The number of methoxy groups -OCH3 is 1. The van der Waals surface area contributed by atoms with Gasteiger partial charge in [-0.3, -0.25) is 4.79 Å². The van der Waals surface area contributed by atoms with E-state index in [0.717, 1.165) is 0 Å². The highest BCUT2D eigenvalue weighted by Gasteiger charge is 2.44. The van der Waals surface area contributed by atoms with Gasteiger partial charge < -0.3 is 4.74 Å². The number of ketones is 1. The van der Waals surface area contributed by atoms with Crippen molar-refractivity contribution in [3.8, 4) is 5.75 Å². The van der Waals surface area contributed by atoms with Crippen molar-refractivity contribution in [1.29, 1.82) is 0 Å². The number of aromatic nitrogens is 3. The van der Waals surface area contributed by atoms with Crippen LogP contribution in [0.2, 0.25) is 0 Å². The lowest BCUT2D eigenvalue weighted by Gasteiger charge is -2.25. The first-order valence-corrected chi connectivity index (χ1v) is 11.0. The van der Waals surface area contributed by atoms with Gasteiger partial charge in [0, 0.05) is 12.1 Å². The van der Waals surface area contributed by atoms with E-state index in [1.807, 2.05) is 6.07 Å². The van der Waals surface area contributed by atoms with Crippen LogP contribution in [-0.2, 0) is 16.6 Å². The van der Waals surface area contributed by atoms with E-state index in [1.54, 1.807) is 66.7 Å². The van der Waals surface area contributed by atoms with E-state index in [4.69, 9.17) is 4.74 Å². The van der Waals surface area contributed by atoms with Crippen molar-refractivity contribution >= 4 is 26.8 Å². The van der Waals surface area contributed by atoms with Gasteiger partial charge in [0.25, 0.3) is 0 Å². The van der Waals surface area contributed by atoms with Crippen molar-refractivity contribution < 1.29 is 17.9 Å². The van der Waals surface area contributed by atoms with Crippen LogP contribution in [0.3, 0.4) is 0 Å². The zero-order valence-electron chi connectivity index (χ0n) is 16.5. The lowest BCUT2D eigenvalue weighted by Crippen LogP contribution is -2.39. The molecular weight excluding hydrogens is 416 g/mol. The molecule has 1 atom stereocenters. The summed E-state index contributed by atoms with van der Waals surface area (Å²) in [5.41, 5.74) is 2.13. The number of rotatable bonds is 5. The Balaban J connectivity index is 1.68. The maximum Gasteiger partial charge on any atom is 0.245 e. The number of carbonyl (C=O) groups excluding carboxylic acids is 1. The van der Waals surface area contributed by atoms with Gasteiger partial charge >= 0.3 is 0 Å². The van der Waals surface area contributed by atoms with Gasteiger partial charge in [-0.2, -0.15) is 4.31 Å². The van der Waals surface area contributed by atoms with Gasteiger partial charge in [0.1, 0.15) is 11.3 Å². The Labute approximate surface area is 178 Å². The fourth-order valence-electron chi connectivity index (χ4n) is 3.82. The van der Waals surface area contributed by atoms with E-state index in [9.17, 15) is 13.2 Å². The summed E-state index contributed by atoms with van der Waals surface area (Å²) in [5, 5.41) is 8.29. The number of hydrogen-bond donors (Lipinski definition) is 0. The highest BCUT2D eigenvalue weighted by molar-refractivity contribution is 7.89. The van der Waals surface area contributed by atoms with Crippen LogP contribution in [0.1, 0.15) is 22.1 Å². The van der Waals surface area contributed by atoms with E-state index in [-0.39, 0.29) is 11.4 Å². The molecule has 1 aromatic heterocycles. The Morgan fingerprint density at radius 1 is 1.00 bits per heavy atom. The van der Waals surface area contributed by atoms with E-state index in [2.05, 4.69) is 10.3 Å². The molecule has 3 aromatic carbocycles. The molecule has 0 aliphatic carbocycles. The van der Waals surface area contributed by atoms with E-state index < -0.39 is 22.0 Å². The summed E-state index contributed by atoms with van der Waals surface area (Å²) in [7, 11) is -2.37. The molecule has 31 heavy (non-hydrogen) atoms. The number of Topliss-reactive ketones (excluding diaryl/α,β-unsaturated/α-hetero) is 1. The van der Waals surface area contributed by atoms with Crippen LogP contribution in [0, 0.1) is 0 Å². The first-order valence-electron chi connectivity index (χ1n) is 9.58. The summed E-state index contributed by atoms with van der Waals surface area (Å²) in [5.74, 6) is 0.190. The molecule has 8 nitrogen and oxygen atoms in total. The molecule has 0 amide bonds. The van der Waals surface area contributed by atoms with E-state index in [1.165, 1.54) is 16.1 Å². The zero-order valence-corrected chi connectivity index (χ0v) is 17.4. The SMILES string of the molecule is COc1ccc(C(=O)C(N2Cc3ccccc3S2(=O)=O)n2nnc3ccccc32)cc1. The molecule has 0 saturated carbocycles. The third-order valence-electron chi connectivity index (χ3n) is 5.38. The lowest BCUT2D eigenvalue weighted by atomic mass is 10.1. The van der Waals surface area contributed by atoms with Crippen molar-refractivity contribution in [2.24, 2.45) is 0 Å². The molecule has 0 saturated heterocycles. The van der Waals surface area contributed by atoms with Crippen molar-refractivity contribution in [2.45, 2.75) is 17.6 Å². The molecule has 156 valence electrons. The van der Waals surface area contributed by atoms with E-state index in [0.29, 0.717) is 27.9 Å². The van der Waals surface area contributed by atoms with Gasteiger partial charge in [-0.05, 0) is 48.0 Å². The molecule has 0 radical (unpaired) electrons. The van der Waals surface area contributed by atoms with Gasteiger partial charge in [0.2, 0.25) is 15.8 Å². The Morgan fingerprint density at radius 3 is 2.45 bits per heavy atom.